The van der Waals surface area contributed by atoms with Gasteiger partial charge in [-0.2, -0.15) is 0 Å². The van der Waals surface area contributed by atoms with Crippen LogP contribution in [0.4, 0.5) is 5.00 Å². The number of thiophene rings is 1. The van der Waals surface area contributed by atoms with Gasteiger partial charge in [0.05, 0.1) is 9.88 Å². The van der Waals surface area contributed by atoms with Crippen LogP contribution in [0.15, 0.2) is 12.1 Å². The molecule has 15 heavy (non-hydrogen) atoms. The molecule has 0 bridgehead atoms. The number of hydrogen-bond acceptors (Lipinski definition) is 3. The monoisotopic (exact) mass is 223 g/mol. The van der Waals surface area contributed by atoms with Gasteiger partial charge in [-0.05, 0) is 31.4 Å². The maximum atomic E-state index is 10.6. The van der Waals surface area contributed by atoms with E-state index in [-0.39, 0.29) is 0 Å². The fourth-order valence-electron chi connectivity index (χ4n) is 1.75. The molecule has 0 amide bonds. The molecule has 1 aliphatic carbocycles. The van der Waals surface area contributed by atoms with Crippen LogP contribution in [-0.2, 0) is 0 Å². The molecule has 0 spiro atoms. The molecule has 0 aromatic carbocycles. The minimum absolute atomic E-state index is 0.745. The molecule has 0 saturated heterocycles. The Labute approximate surface area is 94.9 Å². The number of carbonyl (C=O) groups excluding carboxylic acids is 1. The smallest absolute Gasteiger partial charge is 0.160 e. The van der Waals surface area contributed by atoms with Gasteiger partial charge in [-0.1, -0.05) is 13.3 Å². The van der Waals surface area contributed by atoms with Crippen molar-refractivity contribution < 1.29 is 4.79 Å². The molecule has 1 aliphatic rings. The van der Waals surface area contributed by atoms with Gasteiger partial charge in [0.15, 0.2) is 6.29 Å². The first-order chi connectivity index (χ1) is 7.35. The molecule has 0 aliphatic heterocycles. The summed E-state index contributed by atoms with van der Waals surface area (Å²) in [7, 11) is 0. The predicted octanol–water partition coefficient (Wildman–Crippen LogP) is 3.33. The summed E-state index contributed by atoms with van der Waals surface area (Å²) in [5, 5.41) is 1.27. The largest absolute Gasteiger partial charge is 0.360 e. The van der Waals surface area contributed by atoms with Crippen LogP contribution in [0.5, 0.6) is 0 Å². The van der Waals surface area contributed by atoms with Crippen LogP contribution in [0.25, 0.3) is 0 Å². The van der Waals surface area contributed by atoms with E-state index in [2.05, 4.69) is 17.9 Å². The van der Waals surface area contributed by atoms with Crippen LogP contribution in [0.2, 0.25) is 0 Å². The van der Waals surface area contributed by atoms with Crippen LogP contribution in [0.3, 0.4) is 0 Å². The highest BCUT2D eigenvalue weighted by Gasteiger charge is 2.29. The number of rotatable bonds is 6. The van der Waals surface area contributed by atoms with E-state index in [1.54, 1.807) is 11.3 Å². The third-order valence-corrected chi connectivity index (χ3v) is 3.80. The van der Waals surface area contributed by atoms with Crippen molar-refractivity contribution in [3.8, 4) is 0 Å². The maximum absolute atomic E-state index is 10.6. The third-order valence-electron chi connectivity index (χ3n) is 2.75. The lowest BCUT2D eigenvalue weighted by atomic mass is 10.3. The third kappa shape index (κ3) is 2.59. The number of anilines is 1. The van der Waals surface area contributed by atoms with Crippen LogP contribution < -0.4 is 4.90 Å². The van der Waals surface area contributed by atoms with Crippen molar-refractivity contribution in [3.05, 3.63) is 17.0 Å². The lowest BCUT2D eigenvalue weighted by Crippen LogP contribution is -2.25. The summed E-state index contributed by atoms with van der Waals surface area (Å²) in [6.07, 6.45) is 6.05. The van der Waals surface area contributed by atoms with Crippen LogP contribution in [0.1, 0.15) is 42.3 Å². The van der Waals surface area contributed by atoms with Gasteiger partial charge >= 0.3 is 0 Å². The van der Waals surface area contributed by atoms with Gasteiger partial charge in [-0.25, -0.2) is 0 Å². The Morgan fingerprint density at radius 1 is 1.53 bits per heavy atom. The topological polar surface area (TPSA) is 20.3 Å². The van der Waals surface area contributed by atoms with Crippen molar-refractivity contribution in [2.24, 2.45) is 0 Å². The molecule has 0 unspecified atom stereocenters. The summed E-state index contributed by atoms with van der Waals surface area (Å²) < 4.78 is 0. The van der Waals surface area contributed by atoms with E-state index in [0.29, 0.717) is 0 Å². The second-order valence-corrected chi connectivity index (χ2v) is 5.17. The molecule has 1 aromatic heterocycles. The molecule has 2 nitrogen and oxygen atoms in total. The normalized spacial score (nSPS) is 15.3. The van der Waals surface area contributed by atoms with Gasteiger partial charge in [0.2, 0.25) is 0 Å². The molecule has 1 saturated carbocycles. The van der Waals surface area contributed by atoms with E-state index in [4.69, 9.17) is 0 Å². The van der Waals surface area contributed by atoms with Gasteiger partial charge in [0.25, 0.3) is 0 Å². The van der Waals surface area contributed by atoms with Crippen molar-refractivity contribution in [1.29, 1.82) is 0 Å². The highest BCUT2D eigenvalue weighted by Crippen LogP contribution is 2.35. The zero-order valence-corrected chi connectivity index (χ0v) is 9.93. The maximum Gasteiger partial charge on any atom is 0.160 e. The van der Waals surface area contributed by atoms with Crippen molar-refractivity contribution in [3.63, 3.8) is 0 Å². The highest BCUT2D eigenvalue weighted by atomic mass is 32.1. The Kier molecular flexibility index (Phi) is 3.41. The Hall–Kier alpha value is -0.830. The van der Waals surface area contributed by atoms with E-state index in [0.717, 1.165) is 23.7 Å². The average Bonchev–Trinajstić information content (AvgIpc) is 2.97. The summed E-state index contributed by atoms with van der Waals surface area (Å²) in [5.41, 5.74) is 0. The summed E-state index contributed by atoms with van der Waals surface area (Å²) in [5.74, 6) is 0. The van der Waals surface area contributed by atoms with Gasteiger partial charge in [0.1, 0.15) is 0 Å². The second kappa shape index (κ2) is 4.79. The molecule has 0 atom stereocenters. The highest BCUT2D eigenvalue weighted by molar-refractivity contribution is 7.17. The molecule has 0 N–H and O–H groups in total. The number of aldehydes is 1. The van der Waals surface area contributed by atoms with Crippen molar-refractivity contribution in [2.75, 3.05) is 11.4 Å². The first-order valence-corrected chi connectivity index (χ1v) is 6.48. The second-order valence-electron chi connectivity index (χ2n) is 4.07. The first-order valence-electron chi connectivity index (χ1n) is 5.66. The lowest BCUT2D eigenvalue weighted by molar-refractivity contribution is 0.112. The molecule has 1 heterocycles. The first kappa shape index (κ1) is 10.7. The fourth-order valence-corrected chi connectivity index (χ4v) is 2.67. The van der Waals surface area contributed by atoms with E-state index in [1.807, 2.05) is 6.07 Å². The Morgan fingerprint density at radius 3 is 2.87 bits per heavy atom. The van der Waals surface area contributed by atoms with Crippen molar-refractivity contribution in [2.45, 2.75) is 38.6 Å². The van der Waals surface area contributed by atoms with Crippen LogP contribution >= 0.6 is 11.3 Å². The number of carbonyl (C=O) groups is 1. The quantitative estimate of drug-likeness (QED) is 0.689. The zero-order chi connectivity index (χ0) is 10.7. The minimum Gasteiger partial charge on any atom is -0.360 e. The zero-order valence-electron chi connectivity index (χ0n) is 9.11. The van der Waals surface area contributed by atoms with E-state index >= 15 is 0 Å². The van der Waals surface area contributed by atoms with Crippen LogP contribution in [0, 0.1) is 0 Å². The Balaban J connectivity index is 2.05. The molecule has 82 valence electrons. The summed E-state index contributed by atoms with van der Waals surface area (Å²) in [6.45, 7) is 3.36. The molecule has 3 heteroatoms. The standard InChI is InChI=1S/C12H17NOS/c1-2-3-8-13(10-4-5-10)12-7-6-11(9-14)15-12/h6-7,9-10H,2-5,8H2,1H3. The summed E-state index contributed by atoms with van der Waals surface area (Å²) in [4.78, 5) is 13.9. The SMILES string of the molecule is CCCCN(c1ccc(C=O)s1)C1CC1. The van der Waals surface area contributed by atoms with E-state index in [1.165, 1.54) is 30.7 Å². The fraction of sp³-hybridized carbons (Fsp3) is 0.583. The van der Waals surface area contributed by atoms with Gasteiger partial charge in [0, 0.05) is 12.6 Å². The Morgan fingerprint density at radius 2 is 2.33 bits per heavy atom. The van der Waals surface area contributed by atoms with Crippen LogP contribution in [-0.4, -0.2) is 18.9 Å². The predicted molar refractivity (Wildman–Crippen MR) is 65.0 cm³/mol. The average molecular weight is 223 g/mol. The minimum atomic E-state index is 0.745. The van der Waals surface area contributed by atoms with Crippen molar-refractivity contribution >= 4 is 22.6 Å². The van der Waals surface area contributed by atoms with Gasteiger partial charge < -0.3 is 4.90 Å². The number of nitrogens with zero attached hydrogens (tertiary/aromatic N) is 1. The van der Waals surface area contributed by atoms with E-state index in [9.17, 15) is 4.79 Å². The molecule has 0 radical (unpaired) electrons. The molecular formula is C12H17NOS. The molecule has 2 rings (SSSR count). The van der Waals surface area contributed by atoms with Gasteiger partial charge in [-0.15, -0.1) is 11.3 Å². The van der Waals surface area contributed by atoms with Gasteiger partial charge in [-0.3, -0.25) is 4.79 Å². The molecule has 1 fully saturated rings. The summed E-state index contributed by atoms with van der Waals surface area (Å²) >= 11 is 1.62. The Bertz CT molecular complexity index is 330. The molecule has 1 aromatic rings. The number of unbranched alkanes of at least 4 members (excludes halogenated alkanes) is 1. The van der Waals surface area contributed by atoms with Crippen molar-refractivity contribution in [1.82, 2.24) is 0 Å². The lowest BCUT2D eigenvalue weighted by Gasteiger charge is -2.22. The number of hydrogen-bond donors (Lipinski definition) is 0. The summed E-state index contributed by atoms with van der Waals surface area (Å²) in [6, 6.07) is 4.76. The van der Waals surface area contributed by atoms with E-state index < -0.39 is 0 Å². The molecular weight excluding hydrogens is 206 g/mol.